The highest BCUT2D eigenvalue weighted by molar-refractivity contribution is 5.30. The van der Waals surface area contributed by atoms with Crippen molar-refractivity contribution in [3.8, 4) is 0 Å². The molecule has 20 heavy (non-hydrogen) atoms. The van der Waals surface area contributed by atoms with E-state index in [1.54, 1.807) is 10.7 Å². The lowest BCUT2D eigenvalue weighted by atomic mass is 10.1. The average molecular weight is 269 g/mol. The molecule has 1 aromatic carbocycles. The van der Waals surface area contributed by atoms with Gasteiger partial charge in [-0.2, -0.15) is 5.10 Å². The van der Waals surface area contributed by atoms with Crippen LogP contribution in [0.2, 0.25) is 0 Å². The maximum Gasteiger partial charge on any atom is 0.267 e. The minimum absolute atomic E-state index is 0.0225. The van der Waals surface area contributed by atoms with Gasteiger partial charge in [0.1, 0.15) is 0 Å². The van der Waals surface area contributed by atoms with Crippen molar-refractivity contribution in [3.05, 3.63) is 62.6 Å². The van der Waals surface area contributed by atoms with E-state index in [4.69, 9.17) is 0 Å². The van der Waals surface area contributed by atoms with Gasteiger partial charge >= 0.3 is 0 Å². The Morgan fingerprint density at radius 2 is 2.10 bits per heavy atom. The van der Waals surface area contributed by atoms with Crippen LogP contribution in [0.1, 0.15) is 27.9 Å². The van der Waals surface area contributed by atoms with E-state index in [1.165, 1.54) is 11.1 Å². The van der Waals surface area contributed by atoms with Crippen LogP contribution in [0.25, 0.3) is 0 Å². The van der Waals surface area contributed by atoms with Crippen LogP contribution in [-0.4, -0.2) is 16.3 Å². The summed E-state index contributed by atoms with van der Waals surface area (Å²) >= 11 is 0. The molecule has 1 aliphatic heterocycles. The van der Waals surface area contributed by atoms with Crippen molar-refractivity contribution >= 4 is 0 Å². The normalized spacial score (nSPS) is 14.1. The predicted molar refractivity (Wildman–Crippen MR) is 78.9 cm³/mol. The molecule has 0 amide bonds. The zero-order valence-electron chi connectivity index (χ0n) is 11.9. The topological polar surface area (TPSA) is 46.9 Å². The van der Waals surface area contributed by atoms with E-state index in [1.807, 2.05) is 0 Å². The number of hydrogen-bond donors (Lipinski definition) is 1. The number of nitrogens with zero attached hydrogens (tertiary/aromatic N) is 2. The third kappa shape index (κ3) is 2.51. The summed E-state index contributed by atoms with van der Waals surface area (Å²) < 4.78 is 1.58. The number of fused-ring (bicyclic) bond motifs is 1. The van der Waals surface area contributed by atoms with Gasteiger partial charge in [-0.15, -0.1) is 0 Å². The number of aromatic nitrogens is 2. The molecular formula is C16H19N3O. The van der Waals surface area contributed by atoms with E-state index in [0.29, 0.717) is 6.54 Å². The summed E-state index contributed by atoms with van der Waals surface area (Å²) in [6, 6.07) is 8.01. The van der Waals surface area contributed by atoms with Crippen molar-refractivity contribution in [3.63, 3.8) is 0 Å². The first-order chi connectivity index (χ1) is 9.63. The van der Waals surface area contributed by atoms with Gasteiger partial charge in [0.25, 0.3) is 5.56 Å². The minimum atomic E-state index is -0.0225. The van der Waals surface area contributed by atoms with Crippen LogP contribution in [0.3, 0.4) is 0 Å². The number of aryl methyl sites for hydroxylation is 2. The molecule has 1 N–H and O–H groups in total. The van der Waals surface area contributed by atoms with Gasteiger partial charge in [0, 0.05) is 25.6 Å². The van der Waals surface area contributed by atoms with Gasteiger partial charge in [0.05, 0.1) is 12.2 Å². The molecule has 4 nitrogen and oxygen atoms in total. The zero-order chi connectivity index (χ0) is 14.1. The molecule has 2 heterocycles. The van der Waals surface area contributed by atoms with E-state index in [0.717, 1.165) is 36.3 Å². The highest BCUT2D eigenvalue weighted by Gasteiger charge is 2.12. The fourth-order valence-electron chi connectivity index (χ4n) is 2.55. The fourth-order valence-corrected chi connectivity index (χ4v) is 2.55. The second-order valence-electron chi connectivity index (χ2n) is 5.46. The number of benzene rings is 1. The molecule has 0 spiro atoms. The molecule has 2 aromatic rings. The summed E-state index contributed by atoms with van der Waals surface area (Å²) in [7, 11) is 0. The Kier molecular flexibility index (Phi) is 3.40. The summed E-state index contributed by atoms with van der Waals surface area (Å²) in [6.07, 6.45) is 0.891. The van der Waals surface area contributed by atoms with E-state index in [-0.39, 0.29) is 5.56 Å². The Morgan fingerprint density at radius 1 is 1.25 bits per heavy atom. The summed E-state index contributed by atoms with van der Waals surface area (Å²) in [4.78, 5) is 12.1. The first-order valence-electron chi connectivity index (χ1n) is 7.00. The van der Waals surface area contributed by atoms with Gasteiger partial charge in [-0.1, -0.05) is 18.2 Å². The Morgan fingerprint density at radius 3 is 2.90 bits per heavy atom. The van der Waals surface area contributed by atoms with Crippen LogP contribution in [0.4, 0.5) is 0 Å². The third-order valence-corrected chi connectivity index (χ3v) is 3.92. The van der Waals surface area contributed by atoms with Crippen molar-refractivity contribution in [1.29, 1.82) is 0 Å². The van der Waals surface area contributed by atoms with Crippen LogP contribution >= 0.6 is 0 Å². The minimum Gasteiger partial charge on any atom is -0.312 e. The molecule has 0 bridgehead atoms. The highest BCUT2D eigenvalue weighted by atomic mass is 16.1. The lowest BCUT2D eigenvalue weighted by Gasteiger charge is -2.17. The van der Waals surface area contributed by atoms with Crippen molar-refractivity contribution in [2.45, 2.75) is 33.4 Å². The highest BCUT2D eigenvalue weighted by Crippen LogP contribution is 2.12. The summed E-state index contributed by atoms with van der Waals surface area (Å²) in [5, 5.41) is 7.79. The van der Waals surface area contributed by atoms with Gasteiger partial charge < -0.3 is 5.32 Å². The fraction of sp³-hybridized carbons (Fsp3) is 0.375. The SMILES string of the molecule is Cc1ccc(Cn2nc3c(cc2=O)CNCC3)cc1C. The van der Waals surface area contributed by atoms with Crippen LogP contribution in [0.5, 0.6) is 0 Å². The van der Waals surface area contributed by atoms with E-state index >= 15 is 0 Å². The van der Waals surface area contributed by atoms with Gasteiger partial charge in [0.2, 0.25) is 0 Å². The molecule has 0 saturated carbocycles. The number of nitrogens with one attached hydrogen (secondary N) is 1. The largest absolute Gasteiger partial charge is 0.312 e. The Hall–Kier alpha value is -1.94. The average Bonchev–Trinajstić information content (AvgIpc) is 2.44. The molecule has 0 unspecified atom stereocenters. The van der Waals surface area contributed by atoms with E-state index < -0.39 is 0 Å². The summed E-state index contributed by atoms with van der Waals surface area (Å²) in [5.74, 6) is 0. The molecule has 3 rings (SSSR count). The zero-order valence-corrected chi connectivity index (χ0v) is 11.9. The standard InChI is InChI=1S/C16H19N3O/c1-11-3-4-13(7-12(11)2)10-19-16(20)8-14-9-17-6-5-15(14)18-19/h3-4,7-8,17H,5-6,9-10H2,1-2H3. The molecule has 0 saturated heterocycles. The molecule has 4 heteroatoms. The van der Waals surface area contributed by atoms with Gasteiger partial charge in [0.15, 0.2) is 0 Å². The van der Waals surface area contributed by atoms with Crippen molar-refractivity contribution < 1.29 is 0 Å². The van der Waals surface area contributed by atoms with Gasteiger partial charge in [-0.05, 0) is 36.1 Å². The monoisotopic (exact) mass is 269 g/mol. The second kappa shape index (κ2) is 5.21. The molecular weight excluding hydrogens is 250 g/mol. The third-order valence-electron chi connectivity index (χ3n) is 3.92. The first-order valence-corrected chi connectivity index (χ1v) is 7.00. The molecule has 0 fully saturated rings. The Labute approximate surface area is 118 Å². The molecule has 1 aliphatic rings. The summed E-state index contributed by atoms with van der Waals surface area (Å²) in [5.41, 5.74) is 5.70. The van der Waals surface area contributed by atoms with E-state index in [2.05, 4.69) is 42.5 Å². The van der Waals surface area contributed by atoms with Crippen LogP contribution in [0.15, 0.2) is 29.1 Å². The molecule has 1 aromatic heterocycles. The molecule has 0 aliphatic carbocycles. The van der Waals surface area contributed by atoms with Crippen molar-refractivity contribution in [2.75, 3.05) is 6.54 Å². The number of rotatable bonds is 2. The smallest absolute Gasteiger partial charge is 0.267 e. The Bertz CT molecular complexity index is 703. The predicted octanol–water partition coefficient (Wildman–Crippen LogP) is 1.55. The second-order valence-corrected chi connectivity index (χ2v) is 5.46. The maximum atomic E-state index is 12.1. The quantitative estimate of drug-likeness (QED) is 0.900. The van der Waals surface area contributed by atoms with Crippen LogP contribution < -0.4 is 10.9 Å². The Balaban J connectivity index is 1.94. The lowest BCUT2D eigenvalue weighted by molar-refractivity contribution is 0.562. The lowest BCUT2D eigenvalue weighted by Crippen LogP contribution is -2.31. The van der Waals surface area contributed by atoms with Gasteiger partial charge in [-0.3, -0.25) is 4.79 Å². The maximum absolute atomic E-state index is 12.1. The van der Waals surface area contributed by atoms with Crippen molar-refractivity contribution in [2.24, 2.45) is 0 Å². The van der Waals surface area contributed by atoms with Crippen LogP contribution in [0, 0.1) is 13.8 Å². The van der Waals surface area contributed by atoms with Crippen molar-refractivity contribution in [1.82, 2.24) is 15.1 Å². The summed E-state index contributed by atoms with van der Waals surface area (Å²) in [6.45, 7) is 6.41. The van der Waals surface area contributed by atoms with E-state index in [9.17, 15) is 4.79 Å². The molecule has 104 valence electrons. The van der Waals surface area contributed by atoms with Gasteiger partial charge in [-0.25, -0.2) is 4.68 Å². The molecule has 0 radical (unpaired) electrons. The van der Waals surface area contributed by atoms with Crippen LogP contribution in [-0.2, 0) is 19.5 Å². The number of hydrogen-bond acceptors (Lipinski definition) is 3. The molecule has 0 atom stereocenters. The first kappa shape index (κ1) is 13.1.